The van der Waals surface area contributed by atoms with E-state index in [0.717, 1.165) is 44.9 Å². The lowest BCUT2D eigenvalue weighted by molar-refractivity contribution is -0.161. The minimum Gasteiger partial charge on any atom is -0.462 e. The van der Waals surface area contributed by atoms with Gasteiger partial charge in [0.15, 0.2) is 6.10 Å². The zero-order chi connectivity index (χ0) is 33.4. The maximum absolute atomic E-state index is 12.2. The second-order valence-electron chi connectivity index (χ2n) is 10.6. The van der Waals surface area contributed by atoms with Crippen LogP contribution in [0.15, 0.2) is 72.9 Å². The summed E-state index contributed by atoms with van der Waals surface area (Å²) in [6.45, 7) is 3.31. The molecule has 0 aliphatic heterocycles. The Balaban J connectivity index is 4.26. The number of unbranched alkanes of at least 4 members (excludes halogenated alkanes) is 6. The van der Waals surface area contributed by atoms with Gasteiger partial charge in [-0.1, -0.05) is 125 Å². The molecule has 10 heteroatoms. The summed E-state index contributed by atoms with van der Waals surface area (Å²) >= 11 is 0. The predicted molar refractivity (Wildman–Crippen MR) is 180 cm³/mol. The van der Waals surface area contributed by atoms with Crippen molar-refractivity contribution >= 4 is 19.8 Å². The highest BCUT2D eigenvalue weighted by Crippen LogP contribution is 2.35. The number of esters is 2. The van der Waals surface area contributed by atoms with Crippen LogP contribution in [0.5, 0.6) is 0 Å². The highest BCUT2D eigenvalue weighted by Gasteiger charge is 2.22. The van der Waals surface area contributed by atoms with E-state index in [0.29, 0.717) is 19.3 Å². The van der Waals surface area contributed by atoms with Gasteiger partial charge in [-0.2, -0.15) is 0 Å². The van der Waals surface area contributed by atoms with E-state index in [4.69, 9.17) is 19.3 Å². The molecule has 0 spiro atoms. The average molecular weight is 653 g/mol. The van der Waals surface area contributed by atoms with Gasteiger partial charge in [0.25, 0.3) is 0 Å². The molecule has 0 saturated carbocycles. The van der Waals surface area contributed by atoms with E-state index in [1.807, 2.05) is 12.2 Å². The van der Waals surface area contributed by atoms with Crippen molar-refractivity contribution in [3.63, 3.8) is 0 Å². The zero-order valence-corrected chi connectivity index (χ0v) is 28.2. The molecule has 2 atom stereocenters. The zero-order valence-electron chi connectivity index (χ0n) is 27.3. The van der Waals surface area contributed by atoms with Gasteiger partial charge in [-0.15, -0.1) is 0 Å². The molecule has 0 amide bonds. The molecule has 3 N–H and O–H groups in total. The summed E-state index contributed by atoms with van der Waals surface area (Å²) in [6.07, 6.45) is 34.0. The fraction of sp³-hybridized carbons (Fsp3) is 0.600. The molecule has 0 fully saturated rings. The smallest absolute Gasteiger partial charge is 0.462 e. The van der Waals surface area contributed by atoms with Crippen molar-refractivity contribution in [1.82, 2.24) is 0 Å². The Bertz CT molecular complexity index is 976. The van der Waals surface area contributed by atoms with Crippen LogP contribution in [0.4, 0.5) is 0 Å². The fourth-order valence-electron chi connectivity index (χ4n) is 3.89. The van der Waals surface area contributed by atoms with E-state index < -0.39 is 38.6 Å². The third-order valence-electron chi connectivity index (χ3n) is 6.33. The van der Waals surface area contributed by atoms with E-state index >= 15 is 0 Å². The predicted octanol–water partition coefficient (Wildman–Crippen LogP) is 8.14. The molecular weight excluding hydrogens is 595 g/mol. The molecule has 0 saturated heterocycles. The van der Waals surface area contributed by atoms with Crippen LogP contribution >= 0.6 is 7.82 Å². The maximum Gasteiger partial charge on any atom is 0.469 e. The maximum atomic E-state index is 12.2. The standard InChI is InChI=1S/C35H57O9P/c1-3-5-7-9-11-12-13-14-15-16-18-19-22-26-32(36)27-23-21-25-28-34(37)42-30-33(31-43-45(39,40)41)44-35(38)29-24-20-17-10-8-6-4-2/h5,7,11-12,14-15,18-19,21-23,26,32-33,36H,3-4,6,8-10,13,16-17,20,24-25,27-31H2,1-2H3,(H2,39,40,41)/b7-5-,12-11-,15-14-,19-18-,23-21-,26-22-/t32?,33-/m1/s1. The average Bonchev–Trinajstić information content (AvgIpc) is 2.99. The molecule has 1 unspecified atom stereocenters. The van der Waals surface area contributed by atoms with Crippen molar-refractivity contribution in [2.75, 3.05) is 13.2 Å². The number of hydrogen-bond acceptors (Lipinski definition) is 7. The summed E-state index contributed by atoms with van der Waals surface area (Å²) in [6, 6.07) is 0. The molecule has 0 rings (SSSR count). The molecule has 0 radical (unpaired) electrons. The second-order valence-corrected chi connectivity index (χ2v) is 11.8. The molecule has 0 aromatic carbocycles. The summed E-state index contributed by atoms with van der Waals surface area (Å²) in [5.74, 6) is -1.08. The van der Waals surface area contributed by atoms with Crippen LogP contribution in [-0.4, -0.2) is 52.3 Å². The molecule has 0 aromatic rings. The van der Waals surface area contributed by atoms with Gasteiger partial charge in [0.2, 0.25) is 0 Å². The molecule has 0 aliphatic carbocycles. The van der Waals surface area contributed by atoms with Crippen LogP contribution in [0.1, 0.15) is 110 Å². The summed E-state index contributed by atoms with van der Waals surface area (Å²) in [4.78, 5) is 42.3. The molecule has 0 heterocycles. The van der Waals surface area contributed by atoms with Gasteiger partial charge in [-0.25, -0.2) is 4.57 Å². The number of rotatable bonds is 28. The van der Waals surface area contributed by atoms with E-state index in [2.05, 4.69) is 54.8 Å². The van der Waals surface area contributed by atoms with Gasteiger partial charge in [0.05, 0.1) is 12.7 Å². The van der Waals surface area contributed by atoms with E-state index in [9.17, 15) is 19.3 Å². The van der Waals surface area contributed by atoms with Crippen LogP contribution in [0.25, 0.3) is 0 Å². The first-order valence-electron chi connectivity index (χ1n) is 16.3. The number of hydrogen-bond donors (Lipinski definition) is 3. The first-order chi connectivity index (χ1) is 21.7. The van der Waals surface area contributed by atoms with Crippen LogP contribution in [-0.2, 0) is 28.2 Å². The Morgan fingerprint density at radius 3 is 1.98 bits per heavy atom. The Hall–Kier alpha value is -2.55. The van der Waals surface area contributed by atoms with Gasteiger partial charge in [0.1, 0.15) is 6.61 Å². The number of carbonyl (C=O) groups excluding carboxylic acids is 2. The summed E-state index contributed by atoms with van der Waals surface area (Å²) in [5.41, 5.74) is 0. The normalized spacial score (nSPS) is 14.2. The Labute approximate surface area is 271 Å². The molecule has 256 valence electrons. The molecule has 9 nitrogen and oxygen atoms in total. The number of phosphoric ester groups is 1. The van der Waals surface area contributed by atoms with Crippen LogP contribution in [0.3, 0.4) is 0 Å². The third-order valence-corrected chi connectivity index (χ3v) is 6.82. The van der Waals surface area contributed by atoms with Crippen LogP contribution in [0.2, 0.25) is 0 Å². The van der Waals surface area contributed by atoms with Crippen LogP contribution in [0, 0.1) is 0 Å². The Morgan fingerprint density at radius 2 is 1.33 bits per heavy atom. The molecule has 45 heavy (non-hydrogen) atoms. The van der Waals surface area contributed by atoms with E-state index in [1.165, 1.54) is 19.3 Å². The molecule has 0 aromatic heterocycles. The first-order valence-corrected chi connectivity index (χ1v) is 17.9. The fourth-order valence-corrected chi connectivity index (χ4v) is 4.25. The van der Waals surface area contributed by atoms with Gasteiger partial charge in [0, 0.05) is 12.8 Å². The van der Waals surface area contributed by atoms with Crippen molar-refractivity contribution in [2.24, 2.45) is 0 Å². The molecule has 0 bridgehead atoms. The van der Waals surface area contributed by atoms with Gasteiger partial charge >= 0.3 is 19.8 Å². The topological polar surface area (TPSA) is 140 Å². The quantitative estimate of drug-likeness (QED) is 0.0251. The Kier molecular flexibility index (Phi) is 28.4. The number of aliphatic hydroxyl groups is 1. The lowest BCUT2D eigenvalue weighted by Gasteiger charge is -2.18. The van der Waals surface area contributed by atoms with Crippen molar-refractivity contribution in [2.45, 2.75) is 122 Å². The SMILES string of the molecule is CC/C=C\C/C=C\C/C=C\C/C=C\C=C/C(O)C/C=C\CCC(=O)OC[C@H](COP(=O)(O)O)OC(=O)CCCCCCCCC. The van der Waals surface area contributed by atoms with E-state index in [-0.39, 0.29) is 19.4 Å². The molecular formula is C35H57O9P. The summed E-state index contributed by atoms with van der Waals surface area (Å²) in [5, 5.41) is 10.1. The largest absolute Gasteiger partial charge is 0.469 e. The molecule has 0 aliphatic rings. The van der Waals surface area contributed by atoms with Gasteiger partial charge < -0.3 is 24.4 Å². The number of phosphoric acid groups is 1. The number of aliphatic hydroxyl groups excluding tert-OH is 1. The van der Waals surface area contributed by atoms with Gasteiger partial charge in [-0.3, -0.25) is 14.1 Å². The van der Waals surface area contributed by atoms with E-state index in [1.54, 1.807) is 24.3 Å². The van der Waals surface area contributed by atoms with Crippen molar-refractivity contribution in [1.29, 1.82) is 0 Å². The second kappa shape index (κ2) is 30.1. The lowest BCUT2D eigenvalue weighted by atomic mass is 10.1. The first kappa shape index (κ1) is 42.5. The number of carbonyl (C=O) groups is 2. The van der Waals surface area contributed by atoms with Crippen molar-refractivity contribution in [3.05, 3.63) is 72.9 Å². The number of ether oxygens (including phenoxy) is 2. The summed E-state index contributed by atoms with van der Waals surface area (Å²) < 4.78 is 26.0. The monoisotopic (exact) mass is 652 g/mol. The number of allylic oxidation sites excluding steroid dienone is 10. The van der Waals surface area contributed by atoms with Crippen molar-refractivity contribution in [3.8, 4) is 0 Å². The van der Waals surface area contributed by atoms with Crippen molar-refractivity contribution < 1.29 is 43.0 Å². The highest BCUT2D eigenvalue weighted by atomic mass is 31.2. The minimum absolute atomic E-state index is 0.0580. The van der Waals surface area contributed by atoms with Gasteiger partial charge in [-0.05, 0) is 44.9 Å². The highest BCUT2D eigenvalue weighted by molar-refractivity contribution is 7.46. The lowest BCUT2D eigenvalue weighted by Crippen LogP contribution is -2.29. The Morgan fingerprint density at radius 1 is 0.711 bits per heavy atom. The summed E-state index contributed by atoms with van der Waals surface area (Å²) in [7, 11) is -4.78. The third kappa shape index (κ3) is 32.6. The minimum atomic E-state index is -4.78. The van der Waals surface area contributed by atoms with Crippen LogP contribution < -0.4 is 0 Å².